The van der Waals surface area contributed by atoms with E-state index in [1.807, 2.05) is 11.1 Å². The van der Waals surface area contributed by atoms with Crippen LogP contribution in [0.25, 0.3) is 0 Å². The first-order chi connectivity index (χ1) is 8.34. The number of fused-ring (bicyclic) bond motifs is 1. The molecule has 2 heterocycles. The number of rotatable bonds is 1. The normalized spacial score (nSPS) is 24.5. The second-order valence-corrected chi connectivity index (χ2v) is 4.65. The molecule has 1 N–H and O–H groups in total. The topological polar surface area (TPSA) is 24.5 Å². The third kappa shape index (κ3) is 2.15. The SMILES string of the molecule is Fc1ccc2c(c1)N([C@@H]1CCCN1)OCCC2. The molecule has 1 aromatic carbocycles. The lowest BCUT2D eigenvalue weighted by molar-refractivity contribution is 0.0850. The molecule has 17 heavy (non-hydrogen) atoms. The standard InChI is InChI=1S/C13H17FN2O/c14-11-6-5-10-3-2-8-17-16(12(10)9-11)13-4-1-7-15-13/h5-6,9,13,15H,1-4,7-8H2/t13-/m1/s1. The maximum absolute atomic E-state index is 13.4. The molecule has 0 spiro atoms. The monoisotopic (exact) mass is 236 g/mol. The van der Waals surface area contributed by atoms with E-state index in [2.05, 4.69) is 5.32 Å². The van der Waals surface area contributed by atoms with Crippen molar-refractivity contribution < 1.29 is 9.23 Å². The fourth-order valence-electron chi connectivity index (χ4n) is 2.57. The summed E-state index contributed by atoms with van der Waals surface area (Å²) in [5.74, 6) is -0.197. The molecule has 0 amide bonds. The lowest BCUT2D eigenvalue weighted by atomic mass is 10.1. The van der Waals surface area contributed by atoms with Crippen LogP contribution in [-0.2, 0) is 11.3 Å². The van der Waals surface area contributed by atoms with Gasteiger partial charge in [0.2, 0.25) is 0 Å². The van der Waals surface area contributed by atoms with Crippen LogP contribution < -0.4 is 10.4 Å². The molecular formula is C13H17FN2O. The first kappa shape index (κ1) is 11.0. The second kappa shape index (κ2) is 4.63. The summed E-state index contributed by atoms with van der Waals surface area (Å²) < 4.78 is 13.4. The number of halogens is 1. The van der Waals surface area contributed by atoms with Gasteiger partial charge in [-0.3, -0.25) is 10.2 Å². The Labute approximate surface area is 101 Å². The molecule has 0 aliphatic carbocycles. The van der Waals surface area contributed by atoms with Gasteiger partial charge >= 0.3 is 0 Å². The number of benzene rings is 1. The summed E-state index contributed by atoms with van der Waals surface area (Å²) >= 11 is 0. The third-order valence-electron chi connectivity index (χ3n) is 3.42. The van der Waals surface area contributed by atoms with Crippen LogP contribution in [0.15, 0.2) is 18.2 Å². The summed E-state index contributed by atoms with van der Waals surface area (Å²) in [6.45, 7) is 1.71. The largest absolute Gasteiger partial charge is 0.295 e. The molecule has 3 nitrogen and oxygen atoms in total. The fourth-order valence-corrected chi connectivity index (χ4v) is 2.57. The zero-order valence-corrected chi connectivity index (χ0v) is 9.79. The average molecular weight is 236 g/mol. The molecule has 2 aliphatic heterocycles. The smallest absolute Gasteiger partial charge is 0.125 e. The van der Waals surface area contributed by atoms with Crippen molar-refractivity contribution in [2.24, 2.45) is 0 Å². The maximum atomic E-state index is 13.4. The highest BCUT2D eigenvalue weighted by molar-refractivity contribution is 5.53. The van der Waals surface area contributed by atoms with Gasteiger partial charge in [0.15, 0.2) is 0 Å². The van der Waals surface area contributed by atoms with Crippen LogP contribution >= 0.6 is 0 Å². The zero-order chi connectivity index (χ0) is 11.7. The predicted octanol–water partition coefficient (Wildman–Crippen LogP) is 2.22. The average Bonchev–Trinajstić information content (AvgIpc) is 2.77. The van der Waals surface area contributed by atoms with E-state index in [4.69, 9.17) is 4.84 Å². The molecule has 1 fully saturated rings. The van der Waals surface area contributed by atoms with Gasteiger partial charge in [-0.1, -0.05) is 6.07 Å². The van der Waals surface area contributed by atoms with Crippen molar-refractivity contribution in [2.75, 3.05) is 18.2 Å². The number of hydrogen-bond acceptors (Lipinski definition) is 3. The number of nitrogens with zero attached hydrogens (tertiary/aromatic N) is 1. The third-order valence-corrected chi connectivity index (χ3v) is 3.42. The predicted molar refractivity (Wildman–Crippen MR) is 64.2 cm³/mol. The van der Waals surface area contributed by atoms with E-state index in [1.165, 1.54) is 11.6 Å². The van der Waals surface area contributed by atoms with Gasteiger partial charge in [0.05, 0.1) is 12.3 Å². The maximum Gasteiger partial charge on any atom is 0.125 e. The molecule has 0 saturated carbocycles. The first-order valence-electron chi connectivity index (χ1n) is 6.28. The van der Waals surface area contributed by atoms with Crippen molar-refractivity contribution in [1.29, 1.82) is 0 Å². The molecule has 3 rings (SSSR count). The summed E-state index contributed by atoms with van der Waals surface area (Å²) in [4.78, 5) is 5.77. The summed E-state index contributed by atoms with van der Waals surface area (Å²) in [7, 11) is 0. The Morgan fingerprint density at radius 2 is 2.29 bits per heavy atom. The molecule has 2 aliphatic rings. The van der Waals surface area contributed by atoms with Gasteiger partial charge in [-0.15, -0.1) is 0 Å². The molecule has 1 aromatic rings. The fraction of sp³-hybridized carbons (Fsp3) is 0.538. The summed E-state index contributed by atoms with van der Waals surface area (Å²) in [6, 6.07) is 4.99. The van der Waals surface area contributed by atoms with Crippen molar-refractivity contribution in [3.63, 3.8) is 0 Å². The Balaban J connectivity index is 1.96. The Kier molecular flexibility index (Phi) is 2.99. The van der Waals surface area contributed by atoms with Gasteiger partial charge in [-0.05, 0) is 49.9 Å². The van der Waals surface area contributed by atoms with E-state index < -0.39 is 0 Å². The van der Waals surface area contributed by atoms with Crippen LogP contribution in [-0.4, -0.2) is 19.3 Å². The van der Waals surface area contributed by atoms with Gasteiger partial charge < -0.3 is 0 Å². The molecule has 0 radical (unpaired) electrons. The molecule has 0 unspecified atom stereocenters. The van der Waals surface area contributed by atoms with Gasteiger partial charge in [0.1, 0.15) is 12.0 Å². The van der Waals surface area contributed by atoms with Crippen LogP contribution in [0.2, 0.25) is 0 Å². The highest BCUT2D eigenvalue weighted by Gasteiger charge is 2.26. The van der Waals surface area contributed by atoms with Crippen LogP contribution in [0.1, 0.15) is 24.8 Å². The summed E-state index contributed by atoms with van der Waals surface area (Å²) in [6.07, 6.45) is 4.33. The minimum atomic E-state index is -0.197. The molecule has 1 atom stereocenters. The molecular weight excluding hydrogens is 219 g/mol. The van der Waals surface area contributed by atoms with Gasteiger partial charge in [-0.25, -0.2) is 9.45 Å². The molecule has 0 aromatic heterocycles. The van der Waals surface area contributed by atoms with Crippen molar-refractivity contribution >= 4 is 5.69 Å². The van der Waals surface area contributed by atoms with E-state index in [0.29, 0.717) is 6.61 Å². The number of hydroxylamine groups is 1. The Bertz CT molecular complexity index is 404. The van der Waals surface area contributed by atoms with Gasteiger partial charge in [-0.2, -0.15) is 0 Å². The van der Waals surface area contributed by atoms with E-state index in [9.17, 15) is 4.39 Å². The quantitative estimate of drug-likeness (QED) is 0.809. The Morgan fingerprint density at radius 1 is 1.35 bits per heavy atom. The van der Waals surface area contributed by atoms with Crippen molar-refractivity contribution in [3.05, 3.63) is 29.6 Å². The molecule has 0 bridgehead atoms. The van der Waals surface area contributed by atoms with Gasteiger partial charge in [0.25, 0.3) is 0 Å². The summed E-state index contributed by atoms with van der Waals surface area (Å²) in [5, 5.41) is 5.27. The van der Waals surface area contributed by atoms with Crippen molar-refractivity contribution in [2.45, 2.75) is 31.8 Å². The van der Waals surface area contributed by atoms with Crippen LogP contribution in [0.5, 0.6) is 0 Å². The van der Waals surface area contributed by atoms with Crippen molar-refractivity contribution in [3.8, 4) is 0 Å². The molecule has 92 valence electrons. The molecule has 1 saturated heterocycles. The van der Waals surface area contributed by atoms with Crippen LogP contribution in [0.4, 0.5) is 10.1 Å². The highest BCUT2D eigenvalue weighted by Crippen LogP contribution is 2.29. The molecule has 4 heteroatoms. The minimum Gasteiger partial charge on any atom is -0.295 e. The highest BCUT2D eigenvalue weighted by atomic mass is 19.1. The summed E-state index contributed by atoms with van der Waals surface area (Å²) in [5.41, 5.74) is 2.07. The lowest BCUT2D eigenvalue weighted by Crippen LogP contribution is -2.42. The number of aryl methyl sites for hydroxylation is 1. The van der Waals surface area contributed by atoms with Crippen LogP contribution in [0.3, 0.4) is 0 Å². The van der Waals surface area contributed by atoms with Crippen molar-refractivity contribution in [1.82, 2.24) is 5.32 Å². The zero-order valence-electron chi connectivity index (χ0n) is 9.79. The number of anilines is 1. The number of nitrogens with one attached hydrogen (secondary N) is 1. The number of hydrogen-bond donors (Lipinski definition) is 1. The second-order valence-electron chi connectivity index (χ2n) is 4.65. The Morgan fingerprint density at radius 3 is 3.12 bits per heavy atom. The van der Waals surface area contributed by atoms with Gasteiger partial charge in [0, 0.05) is 0 Å². The Hall–Kier alpha value is -1.13. The van der Waals surface area contributed by atoms with E-state index >= 15 is 0 Å². The first-order valence-corrected chi connectivity index (χ1v) is 6.28. The van der Waals surface area contributed by atoms with E-state index in [-0.39, 0.29) is 12.0 Å². The lowest BCUT2D eigenvalue weighted by Gasteiger charge is -2.29. The van der Waals surface area contributed by atoms with E-state index in [0.717, 1.165) is 37.9 Å². The van der Waals surface area contributed by atoms with Crippen LogP contribution in [0, 0.1) is 5.82 Å². The van der Waals surface area contributed by atoms with E-state index in [1.54, 1.807) is 6.07 Å². The minimum absolute atomic E-state index is 0.189.